The molecular weight excluding hydrogens is 417 g/mol. The fraction of sp³-hybridized carbons (Fsp3) is 0.385. The summed E-state index contributed by atoms with van der Waals surface area (Å²) in [5.74, 6) is 0.764. The Labute approximate surface area is 193 Å². The molecule has 1 unspecified atom stereocenters. The molecule has 3 aliphatic rings. The number of piperidine rings is 3. The highest BCUT2D eigenvalue weighted by molar-refractivity contribution is 5.73. The molecule has 2 N–H and O–H groups in total. The van der Waals surface area contributed by atoms with Gasteiger partial charge in [-0.15, -0.1) is 0 Å². The molecule has 1 aromatic heterocycles. The molecule has 2 bridgehead atoms. The second-order valence-corrected chi connectivity index (χ2v) is 9.17. The van der Waals surface area contributed by atoms with Gasteiger partial charge in [0.05, 0.1) is 5.69 Å². The number of halogens is 1. The summed E-state index contributed by atoms with van der Waals surface area (Å²) in [5.41, 5.74) is 4.14. The summed E-state index contributed by atoms with van der Waals surface area (Å²) >= 11 is 0. The number of nitrogens with zero attached hydrogens (tertiary/aromatic N) is 3. The molecule has 33 heavy (non-hydrogen) atoms. The van der Waals surface area contributed by atoms with Gasteiger partial charge in [-0.3, -0.25) is 9.58 Å². The number of hydrogen-bond donors (Lipinski definition) is 2. The minimum absolute atomic E-state index is 0.117. The predicted octanol–water partition coefficient (Wildman–Crippen LogP) is 3.90. The van der Waals surface area contributed by atoms with Crippen LogP contribution in [0.1, 0.15) is 30.0 Å². The van der Waals surface area contributed by atoms with Crippen LogP contribution in [0.5, 0.6) is 0 Å². The summed E-state index contributed by atoms with van der Waals surface area (Å²) in [7, 11) is 2.00. The van der Waals surface area contributed by atoms with Crippen LogP contribution in [0.2, 0.25) is 0 Å². The van der Waals surface area contributed by atoms with Crippen molar-refractivity contribution < 1.29 is 9.18 Å². The van der Waals surface area contributed by atoms with Crippen LogP contribution in [0.4, 0.5) is 9.18 Å². The van der Waals surface area contributed by atoms with E-state index in [0.717, 1.165) is 36.3 Å². The maximum Gasteiger partial charge on any atom is 0.315 e. The van der Waals surface area contributed by atoms with E-state index in [9.17, 15) is 9.18 Å². The van der Waals surface area contributed by atoms with E-state index in [2.05, 4.69) is 21.6 Å². The first-order chi connectivity index (χ1) is 16.1. The van der Waals surface area contributed by atoms with Crippen molar-refractivity contribution in [1.82, 2.24) is 25.3 Å². The molecule has 7 heteroatoms. The highest BCUT2D eigenvalue weighted by Crippen LogP contribution is 2.42. The minimum atomic E-state index is -0.235. The fourth-order valence-corrected chi connectivity index (χ4v) is 5.33. The number of amides is 2. The predicted molar refractivity (Wildman–Crippen MR) is 126 cm³/mol. The molecule has 3 aliphatic heterocycles. The summed E-state index contributed by atoms with van der Waals surface area (Å²) in [6.07, 6.45) is 2.24. The molecule has 0 saturated carbocycles. The molecule has 0 spiro atoms. The Kier molecular flexibility index (Phi) is 6.13. The molecule has 2 aromatic carbocycles. The number of fused-ring (bicyclic) bond motifs is 3. The Morgan fingerprint density at radius 2 is 1.91 bits per heavy atom. The molecule has 3 fully saturated rings. The second-order valence-electron chi connectivity index (χ2n) is 9.17. The topological polar surface area (TPSA) is 62.2 Å². The van der Waals surface area contributed by atoms with Crippen molar-refractivity contribution in [2.24, 2.45) is 13.0 Å². The van der Waals surface area contributed by atoms with Crippen LogP contribution < -0.4 is 10.6 Å². The Morgan fingerprint density at radius 3 is 2.64 bits per heavy atom. The van der Waals surface area contributed by atoms with Crippen LogP contribution in [-0.2, 0) is 13.6 Å². The number of aromatic nitrogens is 2. The normalized spacial score (nSPS) is 23.9. The molecular formula is C26H30FN5O. The lowest BCUT2D eigenvalue weighted by atomic mass is 9.74. The van der Waals surface area contributed by atoms with Crippen LogP contribution in [-0.4, -0.2) is 46.4 Å². The lowest BCUT2D eigenvalue weighted by Gasteiger charge is -2.49. The number of carbonyl (C=O) groups excluding carboxylic acids is 1. The molecule has 4 heterocycles. The zero-order valence-corrected chi connectivity index (χ0v) is 18.9. The van der Waals surface area contributed by atoms with Gasteiger partial charge in [0, 0.05) is 49.9 Å². The van der Waals surface area contributed by atoms with Gasteiger partial charge >= 0.3 is 6.03 Å². The van der Waals surface area contributed by atoms with Crippen molar-refractivity contribution >= 4 is 6.03 Å². The van der Waals surface area contributed by atoms with E-state index < -0.39 is 0 Å². The Morgan fingerprint density at radius 1 is 1.12 bits per heavy atom. The standard InChI is InChI=1S/C26H30FN5O/c1-31-25(14-24(30-31)19-7-9-21(27)10-8-19)23-17-32-12-11-20(23)13-22(32)16-29-26(33)28-15-18-5-3-2-4-6-18/h2-10,14,20,22-23H,11-13,15-17H2,1H3,(H2,28,29,33)/t20-,22+,23+/m0/s1. The van der Waals surface area contributed by atoms with E-state index in [0.29, 0.717) is 31.0 Å². The highest BCUT2D eigenvalue weighted by atomic mass is 19.1. The molecule has 3 saturated heterocycles. The monoisotopic (exact) mass is 447 g/mol. The van der Waals surface area contributed by atoms with E-state index in [1.165, 1.54) is 24.2 Å². The minimum Gasteiger partial charge on any atom is -0.337 e. The van der Waals surface area contributed by atoms with Crippen LogP contribution in [0.15, 0.2) is 60.7 Å². The van der Waals surface area contributed by atoms with Gasteiger partial charge in [0.1, 0.15) is 5.82 Å². The molecule has 4 atom stereocenters. The number of carbonyl (C=O) groups is 1. The van der Waals surface area contributed by atoms with Gasteiger partial charge in [-0.2, -0.15) is 5.10 Å². The maximum atomic E-state index is 13.3. The van der Waals surface area contributed by atoms with Crippen molar-refractivity contribution in [3.05, 3.63) is 77.7 Å². The van der Waals surface area contributed by atoms with Gasteiger partial charge in [-0.1, -0.05) is 30.3 Å². The van der Waals surface area contributed by atoms with Gasteiger partial charge < -0.3 is 10.6 Å². The second kappa shape index (κ2) is 9.35. The molecule has 0 radical (unpaired) electrons. The van der Waals surface area contributed by atoms with Gasteiger partial charge in [0.15, 0.2) is 0 Å². The van der Waals surface area contributed by atoms with E-state index in [-0.39, 0.29) is 11.8 Å². The van der Waals surface area contributed by atoms with E-state index >= 15 is 0 Å². The fourth-order valence-electron chi connectivity index (χ4n) is 5.33. The number of hydrogen-bond acceptors (Lipinski definition) is 3. The lowest BCUT2D eigenvalue weighted by Crippen LogP contribution is -2.56. The third kappa shape index (κ3) is 4.78. The zero-order valence-electron chi connectivity index (χ0n) is 18.9. The van der Waals surface area contributed by atoms with E-state index in [1.54, 1.807) is 12.1 Å². The number of rotatable bonds is 6. The molecule has 172 valence electrons. The average Bonchev–Trinajstić information content (AvgIpc) is 3.24. The van der Waals surface area contributed by atoms with Gasteiger partial charge in [-0.25, -0.2) is 9.18 Å². The van der Waals surface area contributed by atoms with Crippen molar-refractivity contribution in [2.45, 2.75) is 31.3 Å². The molecule has 6 nitrogen and oxygen atoms in total. The quantitative estimate of drug-likeness (QED) is 0.602. The molecule has 6 rings (SSSR count). The third-order valence-electron chi connectivity index (χ3n) is 7.11. The van der Waals surface area contributed by atoms with Crippen molar-refractivity contribution in [1.29, 1.82) is 0 Å². The largest absolute Gasteiger partial charge is 0.337 e. The lowest BCUT2D eigenvalue weighted by molar-refractivity contribution is 0.0294. The first-order valence-corrected chi connectivity index (χ1v) is 11.7. The first kappa shape index (κ1) is 21.6. The molecule has 2 amide bonds. The Bertz CT molecular complexity index is 1100. The van der Waals surface area contributed by atoms with Crippen LogP contribution >= 0.6 is 0 Å². The van der Waals surface area contributed by atoms with Crippen molar-refractivity contribution in [3.63, 3.8) is 0 Å². The zero-order chi connectivity index (χ0) is 22.8. The number of nitrogens with one attached hydrogen (secondary N) is 2. The van der Waals surface area contributed by atoms with Crippen molar-refractivity contribution in [3.8, 4) is 11.3 Å². The van der Waals surface area contributed by atoms with E-state index in [4.69, 9.17) is 5.10 Å². The summed E-state index contributed by atoms with van der Waals surface area (Å²) < 4.78 is 15.3. The Balaban J connectivity index is 1.18. The number of aryl methyl sites for hydroxylation is 1. The van der Waals surface area contributed by atoms with Crippen LogP contribution in [0.25, 0.3) is 11.3 Å². The SMILES string of the molecule is Cn1nc(-c2ccc(F)cc2)cc1[C@@H]1CN2CC[C@H]1C[C@@H]2CNC(=O)NCc1ccccc1. The smallest absolute Gasteiger partial charge is 0.315 e. The number of benzene rings is 2. The van der Waals surface area contributed by atoms with Gasteiger partial charge in [0.25, 0.3) is 0 Å². The first-order valence-electron chi connectivity index (χ1n) is 11.7. The Hall–Kier alpha value is -3.19. The molecule has 3 aromatic rings. The average molecular weight is 448 g/mol. The van der Waals surface area contributed by atoms with Gasteiger partial charge in [0.2, 0.25) is 0 Å². The summed E-state index contributed by atoms with van der Waals surface area (Å²) in [6.45, 7) is 3.24. The van der Waals surface area contributed by atoms with Crippen LogP contribution in [0, 0.1) is 11.7 Å². The molecule has 0 aliphatic carbocycles. The van der Waals surface area contributed by atoms with Crippen molar-refractivity contribution in [2.75, 3.05) is 19.6 Å². The summed E-state index contributed by atoms with van der Waals surface area (Å²) in [5, 5.41) is 10.7. The summed E-state index contributed by atoms with van der Waals surface area (Å²) in [6, 6.07) is 18.9. The summed E-state index contributed by atoms with van der Waals surface area (Å²) in [4.78, 5) is 14.8. The highest BCUT2D eigenvalue weighted by Gasteiger charge is 2.41. The third-order valence-corrected chi connectivity index (χ3v) is 7.11. The maximum absolute atomic E-state index is 13.3. The number of urea groups is 1. The van der Waals surface area contributed by atoms with Crippen LogP contribution in [0.3, 0.4) is 0 Å². The van der Waals surface area contributed by atoms with E-state index in [1.807, 2.05) is 42.1 Å². The van der Waals surface area contributed by atoms with Gasteiger partial charge in [-0.05, 0) is 61.2 Å².